The highest BCUT2D eigenvalue weighted by atomic mass is 19.1. The molecule has 0 aliphatic carbocycles. The lowest BCUT2D eigenvalue weighted by Gasteiger charge is -2.32. The largest absolute Gasteiger partial charge is 0.497 e. The van der Waals surface area contributed by atoms with Gasteiger partial charge in [-0.3, -0.25) is 4.79 Å². The molecule has 0 radical (unpaired) electrons. The first kappa shape index (κ1) is 16.9. The SMILES string of the molecule is CN(C)C(=O)c1cc(B2OC(C)(C)C(C)(C)O2)c(F)cc1F. The molecule has 1 aromatic rings. The zero-order valence-electron chi connectivity index (χ0n) is 13.7. The van der Waals surface area contributed by atoms with Crippen LogP contribution in [-0.4, -0.2) is 43.2 Å². The van der Waals surface area contributed by atoms with Crippen molar-refractivity contribution in [1.29, 1.82) is 0 Å². The standard InChI is InChI=1S/C15H20BF2NO3/c1-14(2)15(3,4)22-16(21-14)10-7-9(13(20)19(5)6)11(17)8-12(10)18/h7-8H,1-6H3. The van der Waals surface area contributed by atoms with Gasteiger partial charge in [-0.1, -0.05) is 0 Å². The van der Waals surface area contributed by atoms with Gasteiger partial charge < -0.3 is 14.2 Å². The number of halogens is 2. The molecule has 0 saturated carbocycles. The van der Waals surface area contributed by atoms with E-state index in [4.69, 9.17) is 9.31 Å². The third-order valence-electron chi connectivity index (χ3n) is 4.23. The summed E-state index contributed by atoms with van der Waals surface area (Å²) in [6.07, 6.45) is 0. The summed E-state index contributed by atoms with van der Waals surface area (Å²) in [5.41, 5.74) is -1.49. The summed E-state index contributed by atoms with van der Waals surface area (Å²) in [5, 5.41) is 0. The average molecular weight is 311 g/mol. The molecule has 0 atom stereocenters. The van der Waals surface area contributed by atoms with E-state index < -0.39 is 35.9 Å². The van der Waals surface area contributed by atoms with Crippen molar-refractivity contribution < 1.29 is 22.9 Å². The molecule has 1 fully saturated rings. The van der Waals surface area contributed by atoms with Crippen molar-refractivity contribution in [2.45, 2.75) is 38.9 Å². The number of nitrogens with zero attached hydrogens (tertiary/aromatic N) is 1. The summed E-state index contributed by atoms with van der Waals surface area (Å²) in [6.45, 7) is 7.33. The molecule has 0 unspecified atom stereocenters. The number of amides is 1. The highest BCUT2D eigenvalue weighted by Crippen LogP contribution is 2.36. The van der Waals surface area contributed by atoms with Crippen molar-refractivity contribution in [2.75, 3.05) is 14.1 Å². The zero-order valence-corrected chi connectivity index (χ0v) is 13.7. The van der Waals surface area contributed by atoms with Gasteiger partial charge in [0, 0.05) is 25.6 Å². The molecule has 0 N–H and O–H groups in total. The lowest BCUT2D eigenvalue weighted by atomic mass is 9.77. The van der Waals surface area contributed by atoms with Crippen LogP contribution in [0.4, 0.5) is 8.78 Å². The fourth-order valence-electron chi connectivity index (χ4n) is 2.12. The number of benzene rings is 1. The van der Waals surface area contributed by atoms with Crippen LogP contribution in [-0.2, 0) is 9.31 Å². The van der Waals surface area contributed by atoms with Gasteiger partial charge in [0.25, 0.3) is 5.91 Å². The molecule has 0 aromatic heterocycles. The molecule has 4 nitrogen and oxygen atoms in total. The second-order valence-corrected chi connectivity index (χ2v) is 6.64. The molecular weight excluding hydrogens is 291 g/mol. The van der Waals surface area contributed by atoms with Crippen LogP contribution in [0.2, 0.25) is 0 Å². The van der Waals surface area contributed by atoms with E-state index in [0.29, 0.717) is 6.07 Å². The number of rotatable bonds is 2. The van der Waals surface area contributed by atoms with Crippen molar-refractivity contribution in [2.24, 2.45) is 0 Å². The fraction of sp³-hybridized carbons (Fsp3) is 0.533. The quantitative estimate of drug-likeness (QED) is 0.784. The van der Waals surface area contributed by atoms with Gasteiger partial charge in [-0.05, 0) is 33.8 Å². The highest BCUT2D eigenvalue weighted by Gasteiger charge is 2.52. The van der Waals surface area contributed by atoms with E-state index in [0.717, 1.165) is 6.07 Å². The van der Waals surface area contributed by atoms with Crippen molar-refractivity contribution in [3.63, 3.8) is 0 Å². The van der Waals surface area contributed by atoms with Gasteiger partial charge >= 0.3 is 7.12 Å². The number of hydrogen-bond donors (Lipinski definition) is 0. The van der Waals surface area contributed by atoms with E-state index >= 15 is 0 Å². The summed E-state index contributed by atoms with van der Waals surface area (Å²) in [7, 11) is 2.01. The van der Waals surface area contributed by atoms with Crippen LogP contribution in [0.25, 0.3) is 0 Å². The first-order valence-electron chi connectivity index (χ1n) is 7.02. The van der Waals surface area contributed by atoms with Crippen LogP contribution in [0.3, 0.4) is 0 Å². The molecular formula is C15H20BF2NO3. The Kier molecular flexibility index (Phi) is 4.08. The molecule has 1 heterocycles. The maximum atomic E-state index is 14.1. The second kappa shape index (κ2) is 5.31. The first-order chi connectivity index (χ1) is 9.96. The van der Waals surface area contributed by atoms with Crippen LogP contribution >= 0.6 is 0 Å². The van der Waals surface area contributed by atoms with Crippen molar-refractivity contribution in [1.82, 2.24) is 4.90 Å². The van der Waals surface area contributed by atoms with Crippen LogP contribution in [0.1, 0.15) is 38.1 Å². The predicted molar refractivity (Wildman–Crippen MR) is 80.1 cm³/mol. The molecule has 7 heteroatoms. The Labute approximate surface area is 129 Å². The minimum Gasteiger partial charge on any atom is -0.399 e. The Hall–Kier alpha value is -1.47. The molecule has 0 spiro atoms. The zero-order chi connectivity index (χ0) is 16.9. The summed E-state index contributed by atoms with van der Waals surface area (Å²) < 4.78 is 39.5. The molecule has 22 heavy (non-hydrogen) atoms. The molecule has 1 aromatic carbocycles. The van der Waals surface area contributed by atoms with Crippen LogP contribution in [0.5, 0.6) is 0 Å². The number of carbonyl (C=O) groups excluding carboxylic acids is 1. The van der Waals surface area contributed by atoms with E-state index in [1.54, 1.807) is 0 Å². The van der Waals surface area contributed by atoms with Crippen molar-refractivity contribution in [3.8, 4) is 0 Å². The molecule has 1 aliphatic heterocycles. The van der Waals surface area contributed by atoms with E-state index in [1.165, 1.54) is 19.0 Å². The molecule has 0 bridgehead atoms. The Morgan fingerprint density at radius 3 is 2.00 bits per heavy atom. The Bertz CT molecular complexity index is 601. The van der Waals surface area contributed by atoms with Crippen LogP contribution < -0.4 is 5.46 Å². The van der Waals surface area contributed by atoms with E-state index in [1.807, 2.05) is 27.7 Å². The smallest absolute Gasteiger partial charge is 0.399 e. The molecule has 1 aliphatic rings. The molecule has 2 rings (SSSR count). The van der Waals surface area contributed by atoms with E-state index in [-0.39, 0.29) is 11.0 Å². The van der Waals surface area contributed by atoms with Gasteiger partial charge in [-0.2, -0.15) is 0 Å². The summed E-state index contributed by atoms with van der Waals surface area (Å²) in [6, 6.07) is 1.85. The topological polar surface area (TPSA) is 38.8 Å². The Morgan fingerprint density at radius 1 is 1.05 bits per heavy atom. The summed E-state index contributed by atoms with van der Waals surface area (Å²) >= 11 is 0. The van der Waals surface area contributed by atoms with Crippen molar-refractivity contribution in [3.05, 3.63) is 29.3 Å². The van der Waals surface area contributed by atoms with Gasteiger partial charge in [0.05, 0.1) is 16.8 Å². The van der Waals surface area contributed by atoms with Gasteiger partial charge in [-0.25, -0.2) is 8.78 Å². The molecule has 1 amide bonds. The van der Waals surface area contributed by atoms with Crippen molar-refractivity contribution >= 4 is 18.5 Å². The second-order valence-electron chi connectivity index (χ2n) is 6.64. The van der Waals surface area contributed by atoms with E-state index in [2.05, 4.69) is 0 Å². The monoisotopic (exact) mass is 311 g/mol. The predicted octanol–water partition coefficient (Wildman–Crippen LogP) is 1.97. The van der Waals surface area contributed by atoms with Gasteiger partial charge in [0.15, 0.2) is 0 Å². The normalized spacial score (nSPS) is 19.4. The minimum atomic E-state index is -0.987. The van der Waals surface area contributed by atoms with E-state index in [9.17, 15) is 13.6 Å². The average Bonchev–Trinajstić information content (AvgIpc) is 2.57. The van der Waals surface area contributed by atoms with Gasteiger partial charge in [0.2, 0.25) is 0 Å². The van der Waals surface area contributed by atoms with Crippen LogP contribution in [0, 0.1) is 11.6 Å². The minimum absolute atomic E-state index is 0.0188. The third kappa shape index (κ3) is 2.75. The third-order valence-corrected chi connectivity index (χ3v) is 4.23. The maximum absolute atomic E-state index is 14.1. The summed E-state index contributed by atoms with van der Waals surface area (Å²) in [5.74, 6) is -2.25. The summed E-state index contributed by atoms with van der Waals surface area (Å²) in [4.78, 5) is 13.2. The highest BCUT2D eigenvalue weighted by molar-refractivity contribution is 6.62. The van der Waals surface area contributed by atoms with Gasteiger partial charge in [0.1, 0.15) is 11.6 Å². The maximum Gasteiger partial charge on any atom is 0.497 e. The fourth-order valence-corrected chi connectivity index (χ4v) is 2.12. The lowest BCUT2D eigenvalue weighted by Crippen LogP contribution is -2.41. The number of hydrogen-bond acceptors (Lipinski definition) is 3. The lowest BCUT2D eigenvalue weighted by molar-refractivity contribution is 0.00578. The van der Waals surface area contributed by atoms with Gasteiger partial charge in [-0.15, -0.1) is 0 Å². The first-order valence-corrected chi connectivity index (χ1v) is 7.02. The Morgan fingerprint density at radius 2 is 1.55 bits per heavy atom. The molecule has 120 valence electrons. The van der Waals surface area contributed by atoms with Crippen LogP contribution in [0.15, 0.2) is 12.1 Å². The Balaban J connectivity index is 2.45. The molecule has 1 saturated heterocycles. The number of carbonyl (C=O) groups is 1.